The highest BCUT2D eigenvalue weighted by atomic mass is 79.9. The van der Waals surface area contributed by atoms with Gasteiger partial charge < -0.3 is 10.2 Å². The molecule has 0 aliphatic carbocycles. The molecule has 0 unspecified atom stereocenters. The summed E-state index contributed by atoms with van der Waals surface area (Å²) < 4.78 is 0.770. The number of aliphatic carboxylic acids is 1. The van der Waals surface area contributed by atoms with Crippen LogP contribution in [-0.4, -0.2) is 22.0 Å². The number of Topliss-reactive ketones (excluding diaryl/α,β-unsaturated/α-hetero) is 1. The molecule has 0 saturated heterocycles. The summed E-state index contributed by atoms with van der Waals surface area (Å²) >= 11 is 3.24. The Morgan fingerprint density at radius 1 is 0.913 bits per heavy atom. The molecule has 0 spiro atoms. The predicted molar refractivity (Wildman–Crippen MR) is 87.3 cm³/mol. The first-order valence-electron chi connectivity index (χ1n) is 6.42. The second-order valence-electron chi connectivity index (χ2n) is 4.37. The number of ketones is 1. The van der Waals surface area contributed by atoms with Crippen molar-refractivity contribution in [1.82, 2.24) is 0 Å². The van der Waals surface area contributed by atoms with Crippen LogP contribution in [0, 0.1) is 0 Å². The van der Waals surface area contributed by atoms with E-state index in [-0.39, 0.29) is 5.56 Å². The number of carbonyl (C=O) groups is 2. The monoisotopic (exact) mass is 374 g/mol. The number of aliphatic hydroxyl groups is 1. The average molecular weight is 375 g/mol. The average Bonchev–Trinajstić information content (AvgIpc) is 2.56. The third kappa shape index (κ3) is 4.33. The highest BCUT2D eigenvalue weighted by molar-refractivity contribution is 9.10. The summed E-state index contributed by atoms with van der Waals surface area (Å²) in [7, 11) is 0. The summed E-state index contributed by atoms with van der Waals surface area (Å²) in [5, 5.41) is 26.5. The molecule has 2 aromatic carbocycles. The first-order valence-corrected chi connectivity index (χ1v) is 7.22. The molecule has 0 radical (unpaired) electrons. The highest BCUT2D eigenvalue weighted by Gasteiger charge is 2.23. The van der Waals surface area contributed by atoms with Crippen molar-refractivity contribution in [3.8, 4) is 0 Å². The van der Waals surface area contributed by atoms with Crippen molar-refractivity contribution in [2.24, 2.45) is 10.2 Å². The smallest absolute Gasteiger partial charge is 0.379 e. The second kappa shape index (κ2) is 7.46. The van der Waals surface area contributed by atoms with E-state index in [2.05, 4.69) is 26.2 Å². The zero-order valence-electron chi connectivity index (χ0n) is 11.7. The number of nitrogens with zero attached hydrogens (tertiary/aromatic N) is 2. The zero-order valence-corrected chi connectivity index (χ0v) is 13.3. The summed E-state index contributed by atoms with van der Waals surface area (Å²) in [6.45, 7) is 0. The molecule has 0 aliphatic heterocycles. The van der Waals surface area contributed by atoms with Gasteiger partial charge in [0.1, 0.15) is 0 Å². The van der Waals surface area contributed by atoms with Crippen molar-refractivity contribution in [2.75, 3.05) is 0 Å². The van der Waals surface area contributed by atoms with Gasteiger partial charge in [-0.05, 0) is 24.3 Å². The molecule has 2 rings (SSSR count). The lowest BCUT2D eigenvalue weighted by atomic mass is 10.1. The summed E-state index contributed by atoms with van der Waals surface area (Å²) in [6.07, 6.45) is 0. The predicted octanol–water partition coefficient (Wildman–Crippen LogP) is 4.11. The van der Waals surface area contributed by atoms with Crippen molar-refractivity contribution < 1.29 is 19.8 Å². The fourth-order valence-electron chi connectivity index (χ4n) is 1.65. The fraction of sp³-hybridized carbons (Fsp3) is 0. The molecule has 2 aromatic rings. The molecule has 23 heavy (non-hydrogen) atoms. The molecule has 0 heterocycles. The van der Waals surface area contributed by atoms with Crippen LogP contribution in [0.3, 0.4) is 0 Å². The van der Waals surface area contributed by atoms with E-state index >= 15 is 0 Å². The van der Waals surface area contributed by atoms with E-state index in [1.807, 2.05) is 0 Å². The van der Waals surface area contributed by atoms with Gasteiger partial charge >= 0.3 is 5.97 Å². The van der Waals surface area contributed by atoms with Crippen LogP contribution in [0.1, 0.15) is 5.56 Å². The summed E-state index contributed by atoms with van der Waals surface area (Å²) in [5.41, 5.74) is 0.0419. The van der Waals surface area contributed by atoms with Crippen molar-refractivity contribution in [3.05, 3.63) is 70.3 Å². The van der Waals surface area contributed by atoms with Gasteiger partial charge in [0.25, 0.3) is 5.78 Å². The highest BCUT2D eigenvalue weighted by Crippen LogP contribution is 2.22. The van der Waals surface area contributed by atoms with Gasteiger partial charge in [0.05, 0.1) is 5.69 Å². The van der Waals surface area contributed by atoms with Gasteiger partial charge in [-0.1, -0.05) is 46.3 Å². The first kappa shape index (κ1) is 16.6. The number of carbonyl (C=O) groups excluding carboxylic acids is 1. The molecule has 6 nitrogen and oxygen atoms in total. The minimum Gasteiger partial charge on any atom is -0.505 e. The Kier molecular flexibility index (Phi) is 5.37. The SMILES string of the molecule is O=C(O)C(=O)/C(N=Nc1ccccc1)=C(\O)c1ccc(Br)cc1. The molecule has 116 valence electrons. The normalized spacial score (nSPS) is 12.0. The maximum absolute atomic E-state index is 11.8. The zero-order chi connectivity index (χ0) is 16.8. The van der Waals surface area contributed by atoms with E-state index in [1.165, 1.54) is 12.1 Å². The van der Waals surface area contributed by atoms with Gasteiger partial charge in [-0.3, -0.25) is 4.79 Å². The number of halogens is 1. The van der Waals surface area contributed by atoms with Crippen LogP contribution < -0.4 is 0 Å². The molecule has 0 saturated carbocycles. The van der Waals surface area contributed by atoms with Crippen LogP contribution in [0.15, 0.2) is 75.0 Å². The molecular weight excluding hydrogens is 364 g/mol. The van der Waals surface area contributed by atoms with E-state index in [0.29, 0.717) is 5.69 Å². The number of aliphatic hydroxyl groups excluding tert-OH is 1. The quantitative estimate of drug-likeness (QED) is 0.356. The summed E-state index contributed by atoms with van der Waals surface area (Å²) in [5.74, 6) is -3.62. The number of benzene rings is 2. The van der Waals surface area contributed by atoms with Crippen molar-refractivity contribution in [3.63, 3.8) is 0 Å². The Morgan fingerprint density at radius 3 is 2.09 bits per heavy atom. The second-order valence-corrected chi connectivity index (χ2v) is 5.29. The van der Waals surface area contributed by atoms with Crippen LogP contribution in [0.2, 0.25) is 0 Å². The molecule has 0 amide bonds. The molecule has 0 bridgehead atoms. The molecule has 0 aliphatic rings. The largest absolute Gasteiger partial charge is 0.505 e. The number of hydrogen-bond donors (Lipinski definition) is 2. The van der Waals surface area contributed by atoms with Crippen molar-refractivity contribution in [2.45, 2.75) is 0 Å². The lowest BCUT2D eigenvalue weighted by molar-refractivity contribution is -0.147. The van der Waals surface area contributed by atoms with E-state index in [9.17, 15) is 14.7 Å². The van der Waals surface area contributed by atoms with Crippen LogP contribution in [0.25, 0.3) is 5.76 Å². The fourth-order valence-corrected chi connectivity index (χ4v) is 1.91. The number of carboxylic acids is 1. The third-order valence-corrected chi connectivity index (χ3v) is 3.30. The van der Waals surface area contributed by atoms with Crippen molar-refractivity contribution >= 4 is 39.1 Å². The van der Waals surface area contributed by atoms with Gasteiger partial charge in [-0.2, -0.15) is 5.11 Å². The van der Waals surface area contributed by atoms with E-state index < -0.39 is 23.2 Å². The minimum absolute atomic E-state index is 0.254. The molecule has 7 heteroatoms. The number of rotatable bonds is 5. The number of carboxylic acid groups (broad SMARTS) is 1. The molecule has 2 N–H and O–H groups in total. The van der Waals surface area contributed by atoms with Gasteiger partial charge in [-0.25, -0.2) is 4.79 Å². The van der Waals surface area contributed by atoms with E-state index in [4.69, 9.17) is 5.11 Å². The Balaban J connectivity index is 2.47. The van der Waals surface area contributed by atoms with Gasteiger partial charge in [0.15, 0.2) is 11.5 Å². The molecular formula is C16H11BrN2O4. The third-order valence-electron chi connectivity index (χ3n) is 2.77. The van der Waals surface area contributed by atoms with Crippen LogP contribution in [-0.2, 0) is 9.59 Å². The topological polar surface area (TPSA) is 99.3 Å². The lowest BCUT2D eigenvalue weighted by Gasteiger charge is -2.04. The van der Waals surface area contributed by atoms with Crippen LogP contribution >= 0.6 is 15.9 Å². The Hall–Kier alpha value is -2.80. The maximum atomic E-state index is 11.8. The Labute approximate surface area is 139 Å². The Bertz CT molecular complexity index is 783. The first-order chi connectivity index (χ1) is 11.0. The van der Waals surface area contributed by atoms with E-state index in [0.717, 1.165) is 4.47 Å². The molecule has 0 fully saturated rings. The van der Waals surface area contributed by atoms with Gasteiger partial charge in [0.2, 0.25) is 0 Å². The minimum atomic E-state index is -1.73. The lowest BCUT2D eigenvalue weighted by Crippen LogP contribution is -2.15. The van der Waals surface area contributed by atoms with E-state index in [1.54, 1.807) is 42.5 Å². The standard InChI is InChI=1S/C16H11BrN2O4/c17-11-8-6-10(7-9-11)14(20)13(15(21)16(22)23)19-18-12-4-2-1-3-5-12/h1-9,20H,(H,22,23)/b14-13+,19-18?. The van der Waals surface area contributed by atoms with Crippen LogP contribution in [0.5, 0.6) is 0 Å². The van der Waals surface area contributed by atoms with Gasteiger partial charge in [-0.15, -0.1) is 5.11 Å². The molecule has 0 atom stereocenters. The number of hydrogen-bond acceptors (Lipinski definition) is 5. The summed E-state index contributed by atoms with van der Waals surface area (Å²) in [4.78, 5) is 22.7. The van der Waals surface area contributed by atoms with Crippen LogP contribution in [0.4, 0.5) is 5.69 Å². The maximum Gasteiger partial charge on any atom is 0.379 e. The Morgan fingerprint density at radius 2 is 1.52 bits per heavy atom. The molecule has 0 aromatic heterocycles. The van der Waals surface area contributed by atoms with Gasteiger partial charge in [0, 0.05) is 10.0 Å². The number of azo groups is 1. The van der Waals surface area contributed by atoms with Crippen molar-refractivity contribution in [1.29, 1.82) is 0 Å². The summed E-state index contributed by atoms with van der Waals surface area (Å²) in [6, 6.07) is 14.8.